The molecule has 0 saturated carbocycles. The van der Waals surface area contributed by atoms with E-state index >= 15 is 0 Å². The molecule has 1 unspecified atom stereocenters. The van der Waals surface area contributed by atoms with Crippen LogP contribution in [0.15, 0.2) is 18.5 Å². The number of benzene rings is 1. The van der Waals surface area contributed by atoms with Crippen LogP contribution < -0.4 is 4.74 Å². The number of aromatic amines is 1. The Hall–Kier alpha value is -2.26. The molecule has 2 aromatic heterocycles. The summed E-state index contributed by atoms with van der Waals surface area (Å²) in [7, 11) is 0. The van der Waals surface area contributed by atoms with E-state index in [9.17, 15) is 13.2 Å². The number of halogens is 5. The number of fused-ring (bicyclic) bond motifs is 1. The molecule has 1 N–H and O–H groups in total. The van der Waals surface area contributed by atoms with E-state index in [2.05, 4.69) is 20.2 Å². The highest BCUT2D eigenvalue weighted by Crippen LogP contribution is 2.35. The number of aromatic nitrogens is 5. The van der Waals surface area contributed by atoms with Crippen LogP contribution in [0.5, 0.6) is 5.75 Å². The van der Waals surface area contributed by atoms with Gasteiger partial charge in [0.2, 0.25) is 0 Å². The van der Waals surface area contributed by atoms with Gasteiger partial charge in [-0.05, 0) is 40.0 Å². The first-order valence-electron chi connectivity index (χ1n) is 9.58. The zero-order valence-electron chi connectivity index (χ0n) is 17.3. The van der Waals surface area contributed by atoms with E-state index in [4.69, 9.17) is 4.74 Å². The number of nitrogens with zero attached hydrogens (tertiary/aromatic N) is 4. The molecule has 1 aromatic carbocycles. The Morgan fingerprint density at radius 2 is 1.84 bits per heavy atom. The first kappa shape index (κ1) is 25.0. The van der Waals surface area contributed by atoms with E-state index in [-0.39, 0.29) is 30.7 Å². The summed E-state index contributed by atoms with van der Waals surface area (Å²) in [6, 6.07) is 1.18. The zero-order chi connectivity index (χ0) is 20.8. The number of hydrogen-bond donors (Lipinski definition) is 1. The van der Waals surface area contributed by atoms with Crippen LogP contribution >= 0.6 is 24.8 Å². The maximum Gasteiger partial charge on any atom is 0.192 e. The van der Waals surface area contributed by atoms with Gasteiger partial charge >= 0.3 is 0 Å². The minimum absolute atomic E-state index is 0. The predicted octanol–water partition coefficient (Wildman–Crippen LogP) is 4.87. The van der Waals surface area contributed by atoms with Crippen LogP contribution in [-0.4, -0.2) is 24.7 Å². The highest BCUT2D eigenvalue weighted by atomic mass is 35.5. The molecule has 1 aliphatic rings. The van der Waals surface area contributed by atoms with Gasteiger partial charge < -0.3 is 14.3 Å². The van der Waals surface area contributed by atoms with Crippen molar-refractivity contribution in [3.8, 4) is 5.75 Å². The van der Waals surface area contributed by atoms with Gasteiger partial charge in [0.05, 0.1) is 12.0 Å². The van der Waals surface area contributed by atoms with Gasteiger partial charge in [-0.25, -0.2) is 18.2 Å². The molecule has 1 aliphatic carbocycles. The predicted molar refractivity (Wildman–Crippen MR) is 114 cm³/mol. The van der Waals surface area contributed by atoms with Crippen LogP contribution in [-0.2, 0) is 25.0 Å². The topological polar surface area (TPSA) is 68.6 Å². The highest BCUT2D eigenvalue weighted by molar-refractivity contribution is 5.85. The van der Waals surface area contributed by atoms with Crippen molar-refractivity contribution in [2.45, 2.75) is 58.1 Å². The Morgan fingerprint density at radius 3 is 2.48 bits per heavy atom. The normalized spacial score (nSPS) is 15.6. The Balaban J connectivity index is 0.00000171. The molecule has 6 nitrogen and oxygen atoms in total. The largest absolute Gasteiger partial charge is 0.474 e. The Bertz CT molecular complexity index is 1030. The molecule has 0 fully saturated rings. The van der Waals surface area contributed by atoms with Crippen LogP contribution in [0, 0.1) is 17.5 Å². The summed E-state index contributed by atoms with van der Waals surface area (Å²) in [5.74, 6) is -2.43. The third-order valence-electron chi connectivity index (χ3n) is 5.31. The van der Waals surface area contributed by atoms with Gasteiger partial charge in [-0.15, -0.1) is 35.0 Å². The number of aryl methyl sites for hydroxylation is 1. The Morgan fingerprint density at radius 1 is 1.16 bits per heavy atom. The van der Waals surface area contributed by atoms with E-state index in [1.54, 1.807) is 20.2 Å². The quantitative estimate of drug-likeness (QED) is 0.569. The average molecular weight is 478 g/mol. The second kappa shape index (κ2) is 9.48. The molecular formula is C20H24Cl2F3N5O. The lowest BCUT2D eigenvalue weighted by Crippen LogP contribution is -2.31. The first-order chi connectivity index (χ1) is 13.8. The summed E-state index contributed by atoms with van der Waals surface area (Å²) in [6.45, 7) is 5.84. The van der Waals surface area contributed by atoms with Crippen molar-refractivity contribution in [1.29, 1.82) is 0 Å². The van der Waals surface area contributed by atoms with E-state index < -0.39 is 28.8 Å². The fourth-order valence-corrected chi connectivity index (χ4v) is 3.92. The molecular weight excluding hydrogens is 454 g/mol. The second-order valence-corrected chi connectivity index (χ2v) is 7.70. The minimum atomic E-state index is -1.19. The van der Waals surface area contributed by atoms with E-state index in [0.29, 0.717) is 24.5 Å². The molecule has 1 atom stereocenters. The van der Waals surface area contributed by atoms with Crippen molar-refractivity contribution in [2.75, 3.05) is 0 Å². The lowest BCUT2D eigenvalue weighted by atomic mass is 9.89. The van der Waals surface area contributed by atoms with Crippen molar-refractivity contribution in [2.24, 2.45) is 0 Å². The van der Waals surface area contributed by atoms with E-state index in [0.717, 1.165) is 36.5 Å². The number of rotatable bonds is 5. The fraction of sp³-hybridized carbons (Fsp3) is 0.450. The zero-order valence-corrected chi connectivity index (χ0v) is 18.9. The standard InChI is InChI=1S/C20H22F3N5O.2ClH/c1-4-28-18(11-5-6-15-16(7-11)25-10-24-15)26-27-19(28)20(2,3)29-17-13(22)8-12(21)9-14(17)23;;/h8-11H,4-7H2,1-3H3,(H,24,25);2*1H. The summed E-state index contributed by atoms with van der Waals surface area (Å²) < 4.78 is 48.9. The maximum absolute atomic E-state index is 14.1. The lowest BCUT2D eigenvalue weighted by Gasteiger charge is -2.27. The van der Waals surface area contributed by atoms with Crippen molar-refractivity contribution < 1.29 is 17.9 Å². The summed E-state index contributed by atoms with van der Waals surface area (Å²) in [5, 5.41) is 8.68. The molecule has 4 rings (SSSR count). The van der Waals surface area contributed by atoms with Gasteiger partial charge in [0, 0.05) is 30.3 Å². The van der Waals surface area contributed by atoms with Crippen molar-refractivity contribution in [3.63, 3.8) is 0 Å². The third kappa shape index (κ3) is 4.67. The monoisotopic (exact) mass is 477 g/mol. The third-order valence-corrected chi connectivity index (χ3v) is 5.31. The maximum atomic E-state index is 14.1. The summed E-state index contributed by atoms with van der Waals surface area (Å²) in [6.07, 6.45) is 4.21. The van der Waals surface area contributed by atoms with Gasteiger partial charge in [0.25, 0.3) is 0 Å². The molecule has 11 heteroatoms. The summed E-state index contributed by atoms with van der Waals surface area (Å²) >= 11 is 0. The number of ether oxygens (including phenoxy) is 1. The van der Waals surface area contributed by atoms with Crippen LogP contribution in [0.2, 0.25) is 0 Å². The van der Waals surface area contributed by atoms with Gasteiger partial charge in [-0.3, -0.25) is 0 Å². The number of imidazole rings is 1. The van der Waals surface area contributed by atoms with Gasteiger partial charge in [0.15, 0.2) is 28.8 Å². The van der Waals surface area contributed by atoms with E-state index in [1.807, 2.05) is 11.5 Å². The van der Waals surface area contributed by atoms with Crippen LogP contribution in [0.3, 0.4) is 0 Å². The first-order valence-corrected chi connectivity index (χ1v) is 9.58. The lowest BCUT2D eigenvalue weighted by molar-refractivity contribution is 0.0820. The van der Waals surface area contributed by atoms with E-state index in [1.165, 1.54) is 0 Å². The van der Waals surface area contributed by atoms with Crippen LogP contribution in [0.4, 0.5) is 13.2 Å². The molecule has 0 aliphatic heterocycles. The molecule has 0 amide bonds. The van der Waals surface area contributed by atoms with Gasteiger partial charge in [0.1, 0.15) is 11.6 Å². The average Bonchev–Trinajstić information content (AvgIpc) is 3.30. The molecule has 2 heterocycles. The van der Waals surface area contributed by atoms with Crippen molar-refractivity contribution in [1.82, 2.24) is 24.7 Å². The summed E-state index contributed by atoms with van der Waals surface area (Å²) in [4.78, 5) is 7.50. The van der Waals surface area contributed by atoms with Gasteiger partial charge in [-0.1, -0.05) is 0 Å². The Labute approximate surface area is 190 Å². The number of hydrogen-bond acceptors (Lipinski definition) is 4. The van der Waals surface area contributed by atoms with Crippen molar-refractivity contribution >= 4 is 24.8 Å². The molecule has 170 valence electrons. The molecule has 0 saturated heterocycles. The molecule has 31 heavy (non-hydrogen) atoms. The number of nitrogens with one attached hydrogen (secondary N) is 1. The molecule has 0 bridgehead atoms. The van der Waals surface area contributed by atoms with Crippen LogP contribution in [0.25, 0.3) is 0 Å². The summed E-state index contributed by atoms with van der Waals surface area (Å²) in [5.41, 5.74) is 0.989. The van der Waals surface area contributed by atoms with Crippen molar-refractivity contribution in [3.05, 3.63) is 58.9 Å². The minimum Gasteiger partial charge on any atom is -0.474 e. The highest BCUT2D eigenvalue weighted by Gasteiger charge is 2.35. The fourth-order valence-electron chi connectivity index (χ4n) is 3.92. The molecule has 0 radical (unpaired) electrons. The second-order valence-electron chi connectivity index (χ2n) is 7.70. The number of H-pyrrole nitrogens is 1. The Kier molecular flexibility index (Phi) is 7.65. The van der Waals surface area contributed by atoms with Gasteiger partial charge in [-0.2, -0.15) is 0 Å². The SMILES string of the molecule is CCn1c(C2CCc3nc[nH]c3C2)nnc1C(C)(C)Oc1c(F)cc(F)cc1F.Cl.Cl. The smallest absolute Gasteiger partial charge is 0.192 e. The van der Waals surface area contributed by atoms with Crippen LogP contribution in [0.1, 0.15) is 56.1 Å². The molecule has 3 aromatic rings. The molecule has 0 spiro atoms.